The molecule has 0 aromatic heterocycles. The Labute approximate surface area is 151 Å². The lowest BCUT2D eigenvalue weighted by Crippen LogP contribution is -2.14. The monoisotopic (exact) mass is 341 g/mol. The van der Waals surface area contributed by atoms with Crippen molar-refractivity contribution < 1.29 is 10.4 Å². The second-order valence-electron chi connectivity index (χ2n) is 7.09. The Morgan fingerprint density at radius 1 is 0.542 bits per heavy atom. The molecule has 0 radical (unpaired) electrons. The topological polar surface area (TPSA) is 43.7 Å². The fourth-order valence-electron chi connectivity index (χ4n) is 3.03. The third-order valence-corrected chi connectivity index (χ3v) is 4.62. The van der Waals surface area contributed by atoms with Crippen molar-refractivity contribution in [3.8, 4) is 0 Å². The number of hydrogen-bond donors (Lipinski definition) is 2. The number of allylic oxidation sites excluding steroid dienone is 2. The third kappa shape index (κ3) is 21.6. The first-order chi connectivity index (χ1) is 11.8. The zero-order valence-corrected chi connectivity index (χ0v) is 16.2. The Morgan fingerprint density at radius 3 is 1.33 bits per heavy atom. The summed E-state index contributed by atoms with van der Waals surface area (Å²) in [4.78, 5) is 0. The van der Waals surface area contributed by atoms with Crippen molar-refractivity contribution in [1.82, 2.24) is 5.23 Å². The van der Waals surface area contributed by atoms with E-state index >= 15 is 0 Å². The van der Waals surface area contributed by atoms with Crippen LogP contribution in [0.1, 0.15) is 116 Å². The Hall–Kier alpha value is -0.380. The summed E-state index contributed by atoms with van der Waals surface area (Å²) in [7, 11) is 0. The highest BCUT2D eigenvalue weighted by Gasteiger charge is 1.94. The molecule has 0 heterocycles. The predicted molar refractivity (Wildman–Crippen MR) is 104 cm³/mol. The van der Waals surface area contributed by atoms with Crippen LogP contribution < -0.4 is 0 Å². The molecule has 0 bridgehead atoms. The predicted octanol–water partition coefficient (Wildman–Crippen LogP) is 7.27. The van der Waals surface area contributed by atoms with Crippen molar-refractivity contribution >= 4 is 0 Å². The molecule has 0 aliphatic carbocycles. The molecule has 2 N–H and O–H groups in total. The van der Waals surface area contributed by atoms with Crippen molar-refractivity contribution in [2.75, 3.05) is 6.54 Å². The molecular formula is C21H43NO2. The van der Waals surface area contributed by atoms with Gasteiger partial charge in [0, 0.05) is 0 Å². The Bertz CT molecular complexity index is 254. The summed E-state index contributed by atoms with van der Waals surface area (Å²) >= 11 is 0. The summed E-state index contributed by atoms with van der Waals surface area (Å²) in [5, 5.41) is 17.4. The molecule has 0 atom stereocenters. The van der Waals surface area contributed by atoms with Gasteiger partial charge in [-0.25, -0.2) is 0 Å². The molecule has 0 unspecified atom stereocenters. The number of rotatable bonds is 19. The van der Waals surface area contributed by atoms with Gasteiger partial charge in [-0.15, -0.1) is 0 Å². The first kappa shape index (κ1) is 23.6. The lowest BCUT2D eigenvalue weighted by atomic mass is 10.1. The molecule has 0 rings (SSSR count). The normalized spacial score (nSPS) is 11.8. The number of unbranched alkanes of at least 4 members (excludes halogenated alkanes) is 15. The van der Waals surface area contributed by atoms with Crippen molar-refractivity contribution in [3.05, 3.63) is 12.2 Å². The van der Waals surface area contributed by atoms with Crippen LogP contribution in [0.25, 0.3) is 0 Å². The maximum absolute atomic E-state index is 8.58. The van der Waals surface area contributed by atoms with E-state index < -0.39 is 0 Å². The van der Waals surface area contributed by atoms with Crippen LogP contribution in [-0.4, -0.2) is 22.2 Å². The summed E-state index contributed by atoms with van der Waals surface area (Å²) in [5.41, 5.74) is 0. The lowest BCUT2D eigenvalue weighted by Gasteiger charge is -2.05. The second kappa shape index (κ2) is 20.7. The summed E-state index contributed by atoms with van der Waals surface area (Å²) in [6.45, 7) is 2.64. The van der Waals surface area contributed by atoms with Gasteiger partial charge >= 0.3 is 0 Å². The van der Waals surface area contributed by atoms with Gasteiger partial charge in [-0.3, -0.25) is 10.4 Å². The minimum Gasteiger partial charge on any atom is -0.290 e. The highest BCUT2D eigenvalue weighted by Crippen LogP contribution is 2.11. The molecule has 0 fully saturated rings. The number of hydrogen-bond acceptors (Lipinski definition) is 3. The van der Waals surface area contributed by atoms with E-state index in [0.29, 0.717) is 11.8 Å². The van der Waals surface area contributed by atoms with Gasteiger partial charge in [0.25, 0.3) is 0 Å². The molecule has 0 amide bonds. The van der Waals surface area contributed by atoms with Gasteiger partial charge in [-0.1, -0.05) is 101 Å². The standard InChI is InChI=1S/C21H43NO2/c1-2-3-4-5-6-7-8-9-10-11-12-13-14-15-16-17-18-19-20-21-22(23)24/h12-13,23-24H,2-11,14-21H2,1H3. The summed E-state index contributed by atoms with van der Waals surface area (Å²) in [5.74, 6) is 0. The van der Waals surface area contributed by atoms with E-state index in [9.17, 15) is 0 Å². The molecule has 0 aliphatic heterocycles. The van der Waals surface area contributed by atoms with Gasteiger partial charge in [0.2, 0.25) is 0 Å². The number of hydroxylamine groups is 2. The molecule has 24 heavy (non-hydrogen) atoms. The second-order valence-corrected chi connectivity index (χ2v) is 7.09. The third-order valence-electron chi connectivity index (χ3n) is 4.62. The Kier molecular flexibility index (Phi) is 20.3. The fourth-order valence-corrected chi connectivity index (χ4v) is 3.03. The molecule has 0 saturated carbocycles. The van der Waals surface area contributed by atoms with Crippen LogP contribution in [0.2, 0.25) is 0 Å². The summed E-state index contributed by atoms with van der Waals surface area (Å²) in [6.07, 6.45) is 26.9. The van der Waals surface area contributed by atoms with Crippen LogP contribution in [0.4, 0.5) is 0 Å². The van der Waals surface area contributed by atoms with E-state index in [4.69, 9.17) is 10.4 Å². The van der Waals surface area contributed by atoms with Crippen LogP contribution in [0, 0.1) is 0 Å². The first-order valence-electron chi connectivity index (χ1n) is 10.6. The fraction of sp³-hybridized carbons (Fsp3) is 0.905. The van der Waals surface area contributed by atoms with Crippen LogP contribution in [0.5, 0.6) is 0 Å². The Morgan fingerprint density at radius 2 is 0.917 bits per heavy atom. The quantitative estimate of drug-likeness (QED) is 0.147. The minimum atomic E-state index is 0.290. The molecule has 0 aliphatic rings. The van der Waals surface area contributed by atoms with E-state index in [1.54, 1.807) is 0 Å². The van der Waals surface area contributed by atoms with Gasteiger partial charge in [0.1, 0.15) is 0 Å². The molecule has 144 valence electrons. The highest BCUT2D eigenvalue weighted by atomic mass is 16.8. The van der Waals surface area contributed by atoms with Crippen molar-refractivity contribution in [2.24, 2.45) is 0 Å². The average molecular weight is 342 g/mol. The molecule has 3 nitrogen and oxygen atoms in total. The average Bonchev–Trinajstić information content (AvgIpc) is 2.56. The van der Waals surface area contributed by atoms with Crippen molar-refractivity contribution in [2.45, 2.75) is 116 Å². The maximum atomic E-state index is 8.58. The minimum absolute atomic E-state index is 0.290. The zero-order valence-electron chi connectivity index (χ0n) is 16.2. The summed E-state index contributed by atoms with van der Waals surface area (Å²) in [6, 6.07) is 0. The van der Waals surface area contributed by atoms with Gasteiger partial charge in [0.05, 0.1) is 6.54 Å². The molecule has 0 aromatic carbocycles. The largest absolute Gasteiger partial charge is 0.290 e. The maximum Gasteiger partial charge on any atom is 0.0512 e. The van der Waals surface area contributed by atoms with E-state index in [1.165, 1.54) is 96.3 Å². The zero-order chi connectivity index (χ0) is 17.7. The highest BCUT2D eigenvalue weighted by molar-refractivity contribution is 4.81. The van der Waals surface area contributed by atoms with Crippen LogP contribution in [0.3, 0.4) is 0 Å². The smallest absolute Gasteiger partial charge is 0.0512 e. The van der Waals surface area contributed by atoms with Gasteiger partial charge in [-0.05, 0) is 32.1 Å². The Balaban J connectivity index is 3.06. The SMILES string of the molecule is CCCCCCCCCCCC=CCCCCCCCCN(O)O. The van der Waals surface area contributed by atoms with Crippen LogP contribution in [-0.2, 0) is 0 Å². The molecule has 0 aromatic rings. The number of nitrogens with zero attached hydrogens (tertiary/aromatic N) is 1. The molecule has 0 spiro atoms. The van der Waals surface area contributed by atoms with Crippen LogP contribution in [0.15, 0.2) is 12.2 Å². The van der Waals surface area contributed by atoms with E-state index in [0.717, 1.165) is 12.8 Å². The van der Waals surface area contributed by atoms with Gasteiger partial charge in [-0.2, -0.15) is 0 Å². The summed E-state index contributed by atoms with van der Waals surface area (Å²) < 4.78 is 0. The molecular weight excluding hydrogens is 298 g/mol. The van der Waals surface area contributed by atoms with E-state index in [2.05, 4.69) is 19.1 Å². The molecule has 0 saturated heterocycles. The van der Waals surface area contributed by atoms with E-state index in [1.807, 2.05) is 0 Å². The lowest BCUT2D eigenvalue weighted by molar-refractivity contribution is -0.306. The van der Waals surface area contributed by atoms with Crippen LogP contribution >= 0.6 is 0 Å². The van der Waals surface area contributed by atoms with E-state index in [-0.39, 0.29) is 0 Å². The van der Waals surface area contributed by atoms with Gasteiger partial charge < -0.3 is 0 Å². The van der Waals surface area contributed by atoms with Gasteiger partial charge in [0.15, 0.2) is 0 Å². The first-order valence-corrected chi connectivity index (χ1v) is 10.6. The molecule has 3 heteroatoms. The van der Waals surface area contributed by atoms with Crippen molar-refractivity contribution in [3.63, 3.8) is 0 Å². The van der Waals surface area contributed by atoms with Crippen molar-refractivity contribution in [1.29, 1.82) is 0 Å².